The van der Waals surface area contributed by atoms with Crippen molar-refractivity contribution in [2.75, 3.05) is 23.1 Å². The molecule has 2 rings (SSSR count). The molecule has 5 nitrogen and oxygen atoms in total. The van der Waals surface area contributed by atoms with E-state index < -0.39 is 4.92 Å². The maximum Gasteiger partial charge on any atom is 0.270 e. The predicted octanol–water partition coefficient (Wildman–Crippen LogP) is 1.92. The summed E-state index contributed by atoms with van der Waals surface area (Å²) in [6.07, 6.45) is 0.672. The van der Waals surface area contributed by atoms with Crippen LogP contribution in [0.3, 0.4) is 0 Å². The van der Waals surface area contributed by atoms with E-state index in [1.54, 1.807) is 17.8 Å². The summed E-state index contributed by atoms with van der Waals surface area (Å²) in [5.41, 5.74) is 1.13. The number of nitrogens with zero attached hydrogens (tertiary/aromatic N) is 2. The van der Waals surface area contributed by atoms with Crippen molar-refractivity contribution in [3.05, 3.63) is 33.9 Å². The van der Waals surface area contributed by atoms with E-state index >= 15 is 0 Å². The minimum atomic E-state index is -0.491. The van der Waals surface area contributed by atoms with Crippen LogP contribution in [0, 0.1) is 10.1 Å². The van der Waals surface area contributed by atoms with Crippen LogP contribution in [0.1, 0.15) is 10.4 Å². The average molecular weight is 238 g/mol. The highest BCUT2D eigenvalue weighted by molar-refractivity contribution is 7.99. The van der Waals surface area contributed by atoms with Crippen molar-refractivity contribution in [1.29, 1.82) is 0 Å². The van der Waals surface area contributed by atoms with Crippen molar-refractivity contribution < 1.29 is 9.72 Å². The third-order valence-corrected chi connectivity index (χ3v) is 3.41. The van der Waals surface area contributed by atoms with Crippen LogP contribution < -0.4 is 4.90 Å². The Morgan fingerprint density at radius 1 is 1.50 bits per heavy atom. The van der Waals surface area contributed by atoms with Gasteiger partial charge >= 0.3 is 0 Å². The van der Waals surface area contributed by atoms with Crippen LogP contribution in [0.4, 0.5) is 11.4 Å². The molecule has 1 heterocycles. The van der Waals surface area contributed by atoms with E-state index in [0.717, 1.165) is 23.9 Å². The number of carbonyl (C=O) groups is 1. The normalized spacial score (nSPS) is 15.1. The number of hydrogen-bond acceptors (Lipinski definition) is 5. The Bertz CT molecular complexity index is 430. The Hall–Kier alpha value is -1.56. The van der Waals surface area contributed by atoms with Gasteiger partial charge in [-0.1, -0.05) is 0 Å². The molecule has 0 atom stereocenters. The molecule has 0 aliphatic carbocycles. The number of carbonyl (C=O) groups excluding carboxylic acids is 1. The van der Waals surface area contributed by atoms with Crippen molar-refractivity contribution in [3.8, 4) is 0 Å². The lowest BCUT2D eigenvalue weighted by atomic mass is 10.1. The van der Waals surface area contributed by atoms with Crippen LogP contribution in [-0.2, 0) is 0 Å². The number of rotatable bonds is 3. The van der Waals surface area contributed by atoms with Gasteiger partial charge in [-0.15, -0.1) is 11.8 Å². The van der Waals surface area contributed by atoms with Crippen LogP contribution >= 0.6 is 11.8 Å². The van der Waals surface area contributed by atoms with E-state index in [1.807, 2.05) is 0 Å². The number of hydrogen-bond donors (Lipinski definition) is 0. The minimum absolute atomic E-state index is 0.0438. The second kappa shape index (κ2) is 4.52. The molecule has 0 spiro atoms. The Labute approximate surface area is 96.6 Å². The van der Waals surface area contributed by atoms with Crippen molar-refractivity contribution in [2.24, 2.45) is 0 Å². The standard InChI is InChI=1S/C10H10N2O3S/c13-6-8-5-9(12(14)15)1-2-10(8)11-3-4-16-7-11/h1-2,5-6H,3-4,7H2. The zero-order valence-electron chi connectivity index (χ0n) is 8.46. The molecule has 0 bridgehead atoms. The van der Waals surface area contributed by atoms with E-state index in [0.29, 0.717) is 11.8 Å². The van der Waals surface area contributed by atoms with Crippen molar-refractivity contribution >= 4 is 29.4 Å². The van der Waals surface area contributed by atoms with Gasteiger partial charge < -0.3 is 4.90 Å². The molecule has 0 saturated carbocycles. The van der Waals surface area contributed by atoms with Gasteiger partial charge in [0.25, 0.3) is 5.69 Å². The molecule has 0 amide bonds. The average Bonchev–Trinajstić information content (AvgIpc) is 2.81. The minimum Gasteiger partial charge on any atom is -0.361 e. The third kappa shape index (κ3) is 2.01. The monoisotopic (exact) mass is 238 g/mol. The maximum atomic E-state index is 10.9. The molecule has 1 aromatic carbocycles. The smallest absolute Gasteiger partial charge is 0.270 e. The van der Waals surface area contributed by atoms with E-state index in [-0.39, 0.29) is 5.69 Å². The number of nitro groups is 1. The fourth-order valence-corrected chi connectivity index (χ4v) is 2.61. The molecule has 16 heavy (non-hydrogen) atoms. The molecule has 1 aliphatic rings. The molecule has 6 heteroatoms. The van der Waals surface area contributed by atoms with Crippen LogP contribution in [-0.4, -0.2) is 29.4 Å². The zero-order valence-corrected chi connectivity index (χ0v) is 9.27. The zero-order chi connectivity index (χ0) is 11.5. The summed E-state index contributed by atoms with van der Waals surface area (Å²) < 4.78 is 0. The molecular formula is C10H10N2O3S. The molecular weight excluding hydrogens is 228 g/mol. The molecule has 0 unspecified atom stereocenters. The topological polar surface area (TPSA) is 63.4 Å². The number of benzene rings is 1. The Balaban J connectivity index is 2.38. The van der Waals surface area contributed by atoms with E-state index in [4.69, 9.17) is 0 Å². The number of aldehydes is 1. The largest absolute Gasteiger partial charge is 0.361 e. The van der Waals surface area contributed by atoms with Crippen LogP contribution in [0.25, 0.3) is 0 Å². The fourth-order valence-electron chi connectivity index (χ4n) is 1.64. The van der Waals surface area contributed by atoms with Crippen molar-refractivity contribution in [3.63, 3.8) is 0 Å². The molecule has 0 aromatic heterocycles. The second-order valence-electron chi connectivity index (χ2n) is 3.42. The molecule has 1 aromatic rings. The summed E-state index contributed by atoms with van der Waals surface area (Å²) in [7, 11) is 0. The summed E-state index contributed by atoms with van der Waals surface area (Å²) in [5.74, 6) is 1.86. The van der Waals surface area contributed by atoms with E-state index in [9.17, 15) is 14.9 Å². The number of thioether (sulfide) groups is 1. The van der Waals surface area contributed by atoms with Gasteiger partial charge in [0.2, 0.25) is 0 Å². The molecule has 1 fully saturated rings. The van der Waals surface area contributed by atoms with E-state index in [2.05, 4.69) is 4.90 Å². The molecule has 0 radical (unpaired) electrons. The molecule has 1 saturated heterocycles. The Kier molecular flexibility index (Phi) is 3.09. The lowest BCUT2D eigenvalue weighted by molar-refractivity contribution is -0.384. The van der Waals surface area contributed by atoms with Gasteiger partial charge in [0.15, 0.2) is 6.29 Å². The summed E-state index contributed by atoms with van der Waals surface area (Å²) in [4.78, 5) is 23.0. The lowest BCUT2D eigenvalue weighted by Crippen LogP contribution is -2.19. The van der Waals surface area contributed by atoms with Gasteiger partial charge in [-0.05, 0) is 6.07 Å². The van der Waals surface area contributed by atoms with Gasteiger partial charge in [-0.2, -0.15) is 0 Å². The Morgan fingerprint density at radius 3 is 2.88 bits per heavy atom. The second-order valence-corrected chi connectivity index (χ2v) is 4.49. The first-order chi connectivity index (χ1) is 7.72. The molecule has 0 N–H and O–H groups in total. The van der Waals surface area contributed by atoms with Gasteiger partial charge in [-0.3, -0.25) is 14.9 Å². The highest BCUT2D eigenvalue weighted by Crippen LogP contribution is 2.28. The molecule has 1 aliphatic heterocycles. The highest BCUT2D eigenvalue weighted by atomic mass is 32.2. The quantitative estimate of drug-likeness (QED) is 0.457. The molecule has 84 valence electrons. The SMILES string of the molecule is O=Cc1cc([N+](=O)[O-])ccc1N1CCSC1. The van der Waals surface area contributed by atoms with Gasteiger partial charge in [-0.25, -0.2) is 0 Å². The predicted molar refractivity (Wildman–Crippen MR) is 63.2 cm³/mol. The number of nitro benzene ring substituents is 1. The summed E-state index contributed by atoms with van der Waals surface area (Å²) in [5, 5.41) is 10.6. The number of anilines is 1. The van der Waals surface area contributed by atoms with Crippen LogP contribution in [0.15, 0.2) is 18.2 Å². The van der Waals surface area contributed by atoms with E-state index in [1.165, 1.54) is 12.1 Å². The fraction of sp³-hybridized carbons (Fsp3) is 0.300. The summed E-state index contributed by atoms with van der Waals surface area (Å²) in [6.45, 7) is 0.878. The van der Waals surface area contributed by atoms with Crippen LogP contribution in [0.2, 0.25) is 0 Å². The highest BCUT2D eigenvalue weighted by Gasteiger charge is 2.18. The van der Waals surface area contributed by atoms with Crippen LogP contribution in [0.5, 0.6) is 0 Å². The first-order valence-electron chi connectivity index (χ1n) is 4.78. The Morgan fingerprint density at radius 2 is 2.31 bits per heavy atom. The first-order valence-corrected chi connectivity index (χ1v) is 5.94. The van der Waals surface area contributed by atoms with Crippen molar-refractivity contribution in [2.45, 2.75) is 0 Å². The van der Waals surface area contributed by atoms with Gasteiger partial charge in [0.1, 0.15) is 0 Å². The third-order valence-electron chi connectivity index (χ3n) is 2.44. The van der Waals surface area contributed by atoms with Gasteiger partial charge in [0.05, 0.1) is 10.8 Å². The number of non-ortho nitro benzene ring substituents is 1. The van der Waals surface area contributed by atoms with Gasteiger partial charge in [0, 0.05) is 35.7 Å². The lowest BCUT2D eigenvalue weighted by Gasteiger charge is -2.18. The maximum absolute atomic E-state index is 10.9. The summed E-state index contributed by atoms with van der Waals surface area (Å²) >= 11 is 1.78. The first kappa shape index (κ1) is 10.9. The van der Waals surface area contributed by atoms with Crippen molar-refractivity contribution in [1.82, 2.24) is 0 Å². The summed E-state index contributed by atoms with van der Waals surface area (Å²) in [6, 6.07) is 4.41.